The first kappa shape index (κ1) is 11.6. The minimum absolute atomic E-state index is 0.0283. The maximum absolute atomic E-state index is 13.5. The molecule has 4 heteroatoms. The zero-order valence-electron chi connectivity index (χ0n) is 9.66. The van der Waals surface area contributed by atoms with Crippen molar-refractivity contribution in [2.75, 3.05) is 0 Å². The predicted octanol–water partition coefficient (Wildman–Crippen LogP) is 3.47. The van der Waals surface area contributed by atoms with E-state index in [9.17, 15) is 9.18 Å². The smallest absolute Gasteiger partial charge is 0.372 e. The maximum Gasteiger partial charge on any atom is 0.372 e. The van der Waals surface area contributed by atoms with Crippen LogP contribution in [0.2, 0.25) is 0 Å². The Bertz CT molecular complexity index is 569. The van der Waals surface area contributed by atoms with Crippen LogP contribution in [0.4, 0.5) is 4.39 Å². The van der Waals surface area contributed by atoms with Gasteiger partial charge in [0, 0.05) is 10.9 Å². The van der Waals surface area contributed by atoms with Gasteiger partial charge in [-0.2, -0.15) is 0 Å². The first-order valence-electron chi connectivity index (χ1n) is 5.44. The largest absolute Gasteiger partial charge is 0.475 e. The number of carbonyl (C=O) groups is 1. The van der Waals surface area contributed by atoms with Gasteiger partial charge in [0.2, 0.25) is 5.76 Å². The topological polar surface area (TPSA) is 50.4 Å². The number of para-hydroxylation sites is 1. The molecule has 3 nitrogen and oxygen atoms in total. The molecular formula is C13H13FO3. The molecule has 1 N–H and O–H groups in total. The van der Waals surface area contributed by atoms with Gasteiger partial charge in [-0.1, -0.05) is 26.0 Å². The van der Waals surface area contributed by atoms with E-state index in [1.54, 1.807) is 12.1 Å². The predicted molar refractivity (Wildman–Crippen MR) is 61.7 cm³/mol. The fraction of sp³-hybridized carbons (Fsp3) is 0.308. The average Bonchev–Trinajstić information content (AvgIpc) is 2.58. The van der Waals surface area contributed by atoms with Crippen molar-refractivity contribution in [1.29, 1.82) is 0 Å². The van der Waals surface area contributed by atoms with Crippen LogP contribution in [0.1, 0.15) is 30.0 Å². The summed E-state index contributed by atoms with van der Waals surface area (Å²) in [6, 6.07) is 4.51. The lowest BCUT2D eigenvalue weighted by atomic mass is 10.00. The van der Waals surface area contributed by atoms with E-state index in [0.29, 0.717) is 17.4 Å². The number of benzene rings is 1. The Kier molecular flexibility index (Phi) is 2.88. The fourth-order valence-corrected chi connectivity index (χ4v) is 1.92. The third kappa shape index (κ3) is 2.02. The molecule has 1 aromatic carbocycles. The monoisotopic (exact) mass is 236 g/mol. The number of carboxylic acid groups (broad SMARTS) is 1. The summed E-state index contributed by atoms with van der Waals surface area (Å²) >= 11 is 0. The Hall–Kier alpha value is -1.84. The van der Waals surface area contributed by atoms with Crippen molar-refractivity contribution in [2.24, 2.45) is 5.92 Å². The maximum atomic E-state index is 13.5. The van der Waals surface area contributed by atoms with E-state index in [2.05, 4.69) is 0 Å². The van der Waals surface area contributed by atoms with Gasteiger partial charge < -0.3 is 9.52 Å². The molecule has 0 atom stereocenters. The van der Waals surface area contributed by atoms with Crippen molar-refractivity contribution in [3.63, 3.8) is 0 Å². The molecule has 0 amide bonds. The number of fused-ring (bicyclic) bond motifs is 1. The number of furan rings is 1. The normalized spacial score (nSPS) is 11.3. The van der Waals surface area contributed by atoms with Crippen molar-refractivity contribution in [1.82, 2.24) is 0 Å². The van der Waals surface area contributed by atoms with Gasteiger partial charge in [-0.05, 0) is 18.4 Å². The Morgan fingerprint density at radius 2 is 2.18 bits per heavy atom. The van der Waals surface area contributed by atoms with E-state index < -0.39 is 11.8 Å². The molecule has 0 fully saturated rings. The summed E-state index contributed by atoms with van der Waals surface area (Å²) < 4.78 is 18.6. The van der Waals surface area contributed by atoms with Gasteiger partial charge in [-0.15, -0.1) is 0 Å². The zero-order chi connectivity index (χ0) is 12.6. The highest BCUT2D eigenvalue weighted by molar-refractivity contribution is 5.95. The summed E-state index contributed by atoms with van der Waals surface area (Å²) in [5.74, 6) is -1.56. The lowest BCUT2D eigenvalue weighted by Crippen LogP contribution is -2.02. The van der Waals surface area contributed by atoms with Gasteiger partial charge in [0.15, 0.2) is 11.4 Å². The lowest BCUT2D eigenvalue weighted by Gasteiger charge is -2.03. The Balaban J connectivity index is 2.71. The number of hydrogen-bond acceptors (Lipinski definition) is 2. The van der Waals surface area contributed by atoms with Gasteiger partial charge in [-0.3, -0.25) is 0 Å². The van der Waals surface area contributed by atoms with Gasteiger partial charge in [0.05, 0.1) is 0 Å². The number of aromatic carboxylic acids is 1. The molecule has 0 radical (unpaired) electrons. The van der Waals surface area contributed by atoms with Crippen LogP contribution in [-0.4, -0.2) is 11.1 Å². The number of hydrogen-bond donors (Lipinski definition) is 1. The molecule has 0 aliphatic heterocycles. The van der Waals surface area contributed by atoms with Gasteiger partial charge in [-0.25, -0.2) is 9.18 Å². The van der Waals surface area contributed by atoms with E-state index in [0.717, 1.165) is 0 Å². The molecule has 1 aromatic heterocycles. The Morgan fingerprint density at radius 1 is 1.47 bits per heavy atom. The fourth-order valence-electron chi connectivity index (χ4n) is 1.92. The highest BCUT2D eigenvalue weighted by Crippen LogP contribution is 2.29. The highest BCUT2D eigenvalue weighted by Gasteiger charge is 2.21. The van der Waals surface area contributed by atoms with Crippen molar-refractivity contribution < 1.29 is 18.7 Å². The molecule has 0 spiro atoms. The summed E-state index contributed by atoms with van der Waals surface area (Å²) in [6.45, 7) is 3.95. The van der Waals surface area contributed by atoms with E-state index in [-0.39, 0.29) is 17.3 Å². The molecule has 0 unspecified atom stereocenters. The summed E-state index contributed by atoms with van der Waals surface area (Å²) in [5.41, 5.74) is 0.600. The molecule has 90 valence electrons. The van der Waals surface area contributed by atoms with Crippen molar-refractivity contribution >= 4 is 16.9 Å². The molecule has 0 bridgehead atoms. The third-order valence-corrected chi connectivity index (χ3v) is 2.58. The van der Waals surface area contributed by atoms with Gasteiger partial charge in [0.1, 0.15) is 0 Å². The SMILES string of the molecule is CC(C)Cc1c(C(=O)O)oc2c(F)cccc12. The van der Waals surface area contributed by atoms with Crippen LogP contribution < -0.4 is 0 Å². The van der Waals surface area contributed by atoms with Crippen LogP contribution in [0.5, 0.6) is 0 Å². The second-order valence-electron chi connectivity index (χ2n) is 4.43. The minimum atomic E-state index is -1.16. The van der Waals surface area contributed by atoms with E-state index in [1.165, 1.54) is 6.07 Å². The summed E-state index contributed by atoms with van der Waals surface area (Å²) in [6.07, 6.45) is 0.554. The third-order valence-electron chi connectivity index (χ3n) is 2.58. The van der Waals surface area contributed by atoms with Crippen molar-refractivity contribution in [3.05, 3.63) is 35.3 Å². The van der Waals surface area contributed by atoms with Crippen molar-refractivity contribution in [3.8, 4) is 0 Å². The van der Waals surface area contributed by atoms with Crippen LogP contribution in [-0.2, 0) is 6.42 Å². The number of halogens is 1. The molecule has 17 heavy (non-hydrogen) atoms. The van der Waals surface area contributed by atoms with Crippen LogP contribution in [0.25, 0.3) is 11.0 Å². The summed E-state index contributed by atoms with van der Waals surface area (Å²) in [4.78, 5) is 11.1. The van der Waals surface area contributed by atoms with E-state index in [4.69, 9.17) is 9.52 Å². The van der Waals surface area contributed by atoms with Crippen LogP contribution in [0.15, 0.2) is 22.6 Å². The zero-order valence-corrected chi connectivity index (χ0v) is 9.66. The second-order valence-corrected chi connectivity index (χ2v) is 4.43. The second kappa shape index (κ2) is 4.20. The molecular weight excluding hydrogens is 223 g/mol. The molecule has 0 aliphatic rings. The lowest BCUT2D eigenvalue weighted by molar-refractivity contribution is 0.0663. The van der Waals surface area contributed by atoms with E-state index >= 15 is 0 Å². The first-order chi connectivity index (χ1) is 8.00. The quantitative estimate of drug-likeness (QED) is 0.887. The van der Waals surface area contributed by atoms with Crippen molar-refractivity contribution in [2.45, 2.75) is 20.3 Å². The standard InChI is InChI=1S/C13H13FO3/c1-7(2)6-9-8-4-3-5-10(14)11(8)17-12(9)13(15)16/h3-5,7H,6H2,1-2H3,(H,15,16). The Labute approximate surface area is 97.9 Å². The number of rotatable bonds is 3. The first-order valence-corrected chi connectivity index (χ1v) is 5.44. The summed E-state index contributed by atoms with van der Waals surface area (Å²) in [5, 5.41) is 9.61. The molecule has 0 aliphatic carbocycles. The minimum Gasteiger partial charge on any atom is -0.475 e. The molecule has 2 rings (SSSR count). The number of carboxylic acids is 1. The molecule has 0 saturated carbocycles. The summed E-state index contributed by atoms with van der Waals surface area (Å²) in [7, 11) is 0. The molecule has 2 aromatic rings. The average molecular weight is 236 g/mol. The highest BCUT2D eigenvalue weighted by atomic mass is 19.1. The van der Waals surface area contributed by atoms with Gasteiger partial charge >= 0.3 is 5.97 Å². The molecule has 1 heterocycles. The molecule has 0 saturated heterocycles. The Morgan fingerprint density at radius 3 is 2.76 bits per heavy atom. The van der Waals surface area contributed by atoms with Crippen LogP contribution in [0.3, 0.4) is 0 Å². The van der Waals surface area contributed by atoms with E-state index in [1.807, 2.05) is 13.8 Å². The van der Waals surface area contributed by atoms with Crippen LogP contribution >= 0.6 is 0 Å². The van der Waals surface area contributed by atoms with Gasteiger partial charge in [0.25, 0.3) is 0 Å². The van der Waals surface area contributed by atoms with Crippen LogP contribution in [0, 0.1) is 11.7 Å².